The molecule has 0 spiro atoms. The first kappa shape index (κ1) is 21.4. The van der Waals surface area contributed by atoms with Gasteiger partial charge in [-0.3, -0.25) is 24.6 Å². The van der Waals surface area contributed by atoms with Gasteiger partial charge in [-0.25, -0.2) is 0 Å². The number of amides is 3. The van der Waals surface area contributed by atoms with Crippen LogP contribution in [0.25, 0.3) is 0 Å². The van der Waals surface area contributed by atoms with Crippen LogP contribution in [0.3, 0.4) is 0 Å². The Balaban J connectivity index is 1.29. The highest BCUT2D eigenvalue weighted by atomic mass is 32.1. The molecule has 164 valence electrons. The molecule has 1 aliphatic rings. The van der Waals surface area contributed by atoms with Gasteiger partial charge in [0.15, 0.2) is 18.1 Å². The second-order valence-corrected chi connectivity index (χ2v) is 7.84. The van der Waals surface area contributed by atoms with Crippen LogP contribution in [-0.4, -0.2) is 52.6 Å². The number of carbonyl (C=O) groups excluding carboxylic acids is 3. The minimum Gasteiger partial charge on any atom is -0.490 e. The van der Waals surface area contributed by atoms with E-state index in [1.54, 1.807) is 42.5 Å². The number of hydrogen-bond acceptors (Lipinski definition) is 8. The molecule has 4 rings (SSSR count). The van der Waals surface area contributed by atoms with Crippen LogP contribution in [0.4, 0.5) is 5.13 Å². The smallest absolute Gasteiger partial charge is 0.264 e. The highest BCUT2D eigenvalue weighted by Gasteiger charge is 2.34. The number of benzene rings is 2. The summed E-state index contributed by atoms with van der Waals surface area (Å²) >= 11 is 1.18. The van der Waals surface area contributed by atoms with Gasteiger partial charge in [0, 0.05) is 13.0 Å². The van der Waals surface area contributed by atoms with E-state index in [1.165, 1.54) is 16.2 Å². The monoisotopic (exact) mass is 452 g/mol. The first-order chi connectivity index (χ1) is 15.6. The molecule has 9 nitrogen and oxygen atoms in total. The molecule has 0 unspecified atom stereocenters. The zero-order valence-corrected chi connectivity index (χ0v) is 18.1. The molecule has 0 atom stereocenters. The molecule has 1 aromatic heterocycles. The first-order valence-electron chi connectivity index (χ1n) is 9.99. The second kappa shape index (κ2) is 9.56. The van der Waals surface area contributed by atoms with Crippen LogP contribution in [-0.2, 0) is 11.2 Å². The highest BCUT2D eigenvalue weighted by molar-refractivity contribution is 7.15. The number of fused-ring (bicyclic) bond motifs is 1. The first-order valence-corrected chi connectivity index (χ1v) is 10.8. The van der Waals surface area contributed by atoms with Crippen molar-refractivity contribution in [2.75, 3.05) is 25.1 Å². The number of ether oxygens (including phenoxy) is 2. The van der Waals surface area contributed by atoms with Crippen molar-refractivity contribution in [2.24, 2.45) is 0 Å². The Kier molecular flexibility index (Phi) is 6.41. The van der Waals surface area contributed by atoms with E-state index in [4.69, 9.17) is 9.47 Å². The third kappa shape index (κ3) is 4.59. The van der Waals surface area contributed by atoms with E-state index in [0.717, 1.165) is 0 Å². The van der Waals surface area contributed by atoms with Crippen molar-refractivity contribution in [1.82, 2.24) is 15.1 Å². The maximum Gasteiger partial charge on any atom is 0.264 e. The van der Waals surface area contributed by atoms with Crippen molar-refractivity contribution in [3.63, 3.8) is 0 Å². The van der Waals surface area contributed by atoms with Gasteiger partial charge in [-0.05, 0) is 31.2 Å². The fourth-order valence-corrected chi connectivity index (χ4v) is 3.94. The van der Waals surface area contributed by atoms with Crippen LogP contribution >= 0.6 is 11.3 Å². The van der Waals surface area contributed by atoms with E-state index in [-0.39, 0.29) is 30.9 Å². The summed E-state index contributed by atoms with van der Waals surface area (Å²) < 4.78 is 11.0. The molecule has 2 heterocycles. The number of carbonyl (C=O) groups is 3. The fraction of sp³-hybridized carbons (Fsp3) is 0.227. The molecule has 0 saturated carbocycles. The Morgan fingerprint density at radius 1 is 0.969 bits per heavy atom. The van der Waals surface area contributed by atoms with E-state index < -0.39 is 0 Å². The number of hydrogen-bond donors (Lipinski definition) is 1. The minimum atomic E-state index is -0.389. The maximum absolute atomic E-state index is 12.4. The minimum absolute atomic E-state index is 0.187. The molecule has 0 aliphatic carbocycles. The lowest BCUT2D eigenvalue weighted by molar-refractivity contribution is -0.118. The Labute approximate surface area is 188 Å². The molecule has 1 N–H and O–H groups in total. The van der Waals surface area contributed by atoms with Gasteiger partial charge in [-0.1, -0.05) is 35.6 Å². The lowest BCUT2D eigenvalue weighted by Crippen LogP contribution is -2.31. The van der Waals surface area contributed by atoms with Crippen LogP contribution in [0, 0.1) is 0 Å². The fourth-order valence-electron chi connectivity index (χ4n) is 3.20. The molecule has 32 heavy (non-hydrogen) atoms. The van der Waals surface area contributed by atoms with E-state index in [1.807, 2.05) is 13.0 Å². The zero-order valence-electron chi connectivity index (χ0n) is 17.2. The molecule has 0 bridgehead atoms. The van der Waals surface area contributed by atoms with Gasteiger partial charge < -0.3 is 9.47 Å². The van der Waals surface area contributed by atoms with Crippen LogP contribution in [0.15, 0.2) is 48.5 Å². The standard InChI is InChI=1S/C22H20N4O5S/c1-2-30-16-9-5-6-10-17(16)31-13-18(27)23-22-25-24-19(32-22)11-12-26-20(28)14-7-3-4-8-15(14)21(26)29/h3-10H,2,11-13H2,1H3,(H,23,25,27). The van der Waals surface area contributed by atoms with E-state index in [9.17, 15) is 14.4 Å². The van der Waals surface area contributed by atoms with Crippen molar-refractivity contribution >= 4 is 34.2 Å². The molecule has 0 fully saturated rings. The predicted molar refractivity (Wildman–Crippen MR) is 117 cm³/mol. The molecule has 10 heteroatoms. The van der Waals surface area contributed by atoms with Gasteiger partial charge in [-0.15, -0.1) is 10.2 Å². The molecule has 1 aliphatic heterocycles. The summed E-state index contributed by atoms with van der Waals surface area (Å²) in [7, 11) is 0. The van der Waals surface area contributed by atoms with E-state index >= 15 is 0 Å². The van der Waals surface area contributed by atoms with Gasteiger partial charge >= 0.3 is 0 Å². The number of nitrogens with zero attached hydrogens (tertiary/aromatic N) is 3. The third-order valence-electron chi connectivity index (χ3n) is 4.65. The van der Waals surface area contributed by atoms with Crippen LogP contribution in [0.5, 0.6) is 11.5 Å². The van der Waals surface area contributed by atoms with Crippen molar-refractivity contribution in [3.05, 3.63) is 64.7 Å². The Hall–Kier alpha value is -3.79. The largest absolute Gasteiger partial charge is 0.490 e. The van der Waals surface area contributed by atoms with Gasteiger partial charge in [0.25, 0.3) is 17.7 Å². The summed E-state index contributed by atoms with van der Waals surface area (Å²) in [6.45, 7) is 2.33. The normalized spacial score (nSPS) is 12.6. The van der Waals surface area contributed by atoms with Crippen molar-refractivity contribution in [3.8, 4) is 11.5 Å². The lowest BCUT2D eigenvalue weighted by atomic mass is 10.1. The van der Waals surface area contributed by atoms with Crippen LogP contribution in [0.1, 0.15) is 32.6 Å². The molecule has 2 aromatic carbocycles. The Morgan fingerprint density at radius 3 is 2.25 bits per heavy atom. The number of imide groups is 1. The van der Waals surface area contributed by atoms with E-state index in [2.05, 4.69) is 15.5 Å². The van der Waals surface area contributed by atoms with Gasteiger partial charge in [0.1, 0.15) is 5.01 Å². The molecule has 0 saturated heterocycles. The Morgan fingerprint density at radius 2 is 1.59 bits per heavy atom. The molecular formula is C22H20N4O5S. The van der Waals surface area contributed by atoms with Crippen molar-refractivity contribution in [1.29, 1.82) is 0 Å². The topological polar surface area (TPSA) is 111 Å². The summed E-state index contributed by atoms with van der Waals surface area (Å²) in [5.41, 5.74) is 0.822. The van der Waals surface area contributed by atoms with Gasteiger partial charge in [0.05, 0.1) is 17.7 Å². The quantitative estimate of drug-likeness (QED) is 0.497. The lowest BCUT2D eigenvalue weighted by Gasteiger charge is -2.12. The average Bonchev–Trinajstić information content (AvgIpc) is 3.34. The average molecular weight is 452 g/mol. The molecule has 0 radical (unpaired) electrons. The van der Waals surface area contributed by atoms with Crippen LogP contribution in [0.2, 0.25) is 0 Å². The third-order valence-corrected chi connectivity index (χ3v) is 5.55. The predicted octanol–water partition coefficient (Wildman–Crippen LogP) is 2.79. The SMILES string of the molecule is CCOc1ccccc1OCC(=O)Nc1nnc(CCN2C(=O)c3ccccc3C2=O)s1. The number of aromatic nitrogens is 2. The number of nitrogens with one attached hydrogen (secondary N) is 1. The van der Waals surface area contributed by atoms with Gasteiger partial charge in [-0.2, -0.15) is 0 Å². The summed E-state index contributed by atoms with van der Waals surface area (Å²) in [5.74, 6) is 0.0261. The second-order valence-electron chi connectivity index (χ2n) is 6.78. The van der Waals surface area contributed by atoms with Crippen molar-refractivity contribution < 1.29 is 23.9 Å². The molecular weight excluding hydrogens is 432 g/mol. The summed E-state index contributed by atoms with van der Waals surface area (Å²) in [6, 6.07) is 13.8. The summed E-state index contributed by atoms with van der Waals surface area (Å²) in [6.07, 6.45) is 0.344. The van der Waals surface area contributed by atoms with Crippen molar-refractivity contribution in [2.45, 2.75) is 13.3 Å². The Bertz CT molecular complexity index is 1130. The zero-order chi connectivity index (χ0) is 22.5. The summed E-state index contributed by atoms with van der Waals surface area (Å²) in [4.78, 5) is 38.3. The molecule has 3 aromatic rings. The number of rotatable bonds is 9. The molecule has 3 amide bonds. The maximum atomic E-state index is 12.4. The van der Waals surface area contributed by atoms with E-state index in [0.29, 0.717) is 45.8 Å². The number of para-hydroxylation sites is 2. The number of anilines is 1. The van der Waals surface area contributed by atoms with Gasteiger partial charge in [0.2, 0.25) is 5.13 Å². The summed E-state index contributed by atoms with van der Waals surface area (Å²) in [5, 5.41) is 11.5. The van der Waals surface area contributed by atoms with Crippen LogP contribution < -0.4 is 14.8 Å². The highest BCUT2D eigenvalue weighted by Crippen LogP contribution is 2.26.